The summed E-state index contributed by atoms with van der Waals surface area (Å²) in [4.78, 5) is 2.22. The maximum absolute atomic E-state index is 9.05. The van der Waals surface area contributed by atoms with Crippen molar-refractivity contribution in [3.8, 4) is 11.8 Å². The lowest BCUT2D eigenvalue weighted by atomic mass is 10.1. The molecule has 90 valence electrons. The number of nitriles is 1. The highest BCUT2D eigenvalue weighted by molar-refractivity contribution is 5.27. The Kier molecular flexibility index (Phi) is 3.35. The first-order valence-corrected chi connectivity index (χ1v) is 5.90. The Morgan fingerprint density at radius 1 is 1.35 bits per heavy atom. The average Bonchev–Trinajstić information content (AvgIpc) is 3.10. The van der Waals surface area contributed by atoms with Gasteiger partial charge in [-0.2, -0.15) is 5.26 Å². The first-order chi connectivity index (χ1) is 8.17. The molecule has 0 heterocycles. The zero-order valence-electron chi connectivity index (χ0n) is 10.4. The van der Waals surface area contributed by atoms with Gasteiger partial charge >= 0.3 is 0 Å². The third-order valence-corrected chi connectivity index (χ3v) is 3.27. The zero-order chi connectivity index (χ0) is 12.3. The Morgan fingerprint density at radius 3 is 2.47 bits per heavy atom. The number of hydrogen-bond donors (Lipinski definition) is 0. The fraction of sp³-hybridized carbons (Fsp3) is 0.500. The summed E-state index contributed by atoms with van der Waals surface area (Å²) in [6.45, 7) is 1.75. The van der Waals surface area contributed by atoms with Gasteiger partial charge in [-0.05, 0) is 37.6 Å². The van der Waals surface area contributed by atoms with Crippen molar-refractivity contribution in [3.05, 3.63) is 29.8 Å². The van der Waals surface area contributed by atoms with Gasteiger partial charge in [0.15, 0.2) is 0 Å². The summed E-state index contributed by atoms with van der Waals surface area (Å²) in [5, 5.41) is 9.05. The van der Waals surface area contributed by atoms with Crippen LogP contribution in [-0.2, 0) is 6.54 Å². The van der Waals surface area contributed by atoms with Crippen LogP contribution in [0.4, 0.5) is 0 Å². The van der Waals surface area contributed by atoms with Crippen LogP contribution >= 0.6 is 0 Å². The Balaban J connectivity index is 1.89. The third kappa shape index (κ3) is 2.98. The minimum Gasteiger partial charge on any atom is -0.497 e. The van der Waals surface area contributed by atoms with Gasteiger partial charge in [0.05, 0.1) is 18.6 Å². The van der Waals surface area contributed by atoms with Crippen LogP contribution in [0.1, 0.15) is 18.4 Å². The van der Waals surface area contributed by atoms with Crippen molar-refractivity contribution in [2.24, 2.45) is 5.41 Å². The summed E-state index contributed by atoms with van der Waals surface area (Å²) in [7, 11) is 3.74. The maximum atomic E-state index is 9.05. The molecule has 0 atom stereocenters. The van der Waals surface area contributed by atoms with Crippen molar-refractivity contribution in [3.63, 3.8) is 0 Å². The van der Waals surface area contributed by atoms with E-state index in [0.29, 0.717) is 0 Å². The van der Waals surface area contributed by atoms with Gasteiger partial charge in [0.1, 0.15) is 5.75 Å². The first kappa shape index (κ1) is 11.9. The second kappa shape index (κ2) is 4.77. The Bertz CT molecular complexity index is 415. The quantitative estimate of drug-likeness (QED) is 0.779. The molecule has 0 aliphatic heterocycles. The lowest BCUT2D eigenvalue weighted by molar-refractivity contribution is 0.286. The van der Waals surface area contributed by atoms with Crippen molar-refractivity contribution in [1.82, 2.24) is 4.90 Å². The van der Waals surface area contributed by atoms with E-state index in [9.17, 15) is 0 Å². The molecule has 0 N–H and O–H groups in total. The van der Waals surface area contributed by atoms with Gasteiger partial charge in [0.25, 0.3) is 0 Å². The fourth-order valence-corrected chi connectivity index (χ4v) is 2.07. The van der Waals surface area contributed by atoms with Crippen LogP contribution < -0.4 is 4.74 Å². The monoisotopic (exact) mass is 230 g/mol. The summed E-state index contributed by atoms with van der Waals surface area (Å²) >= 11 is 0. The molecule has 1 aliphatic rings. The van der Waals surface area contributed by atoms with E-state index >= 15 is 0 Å². The van der Waals surface area contributed by atoms with Crippen molar-refractivity contribution >= 4 is 0 Å². The van der Waals surface area contributed by atoms with Crippen LogP contribution in [0.15, 0.2) is 24.3 Å². The molecule has 0 spiro atoms. The van der Waals surface area contributed by atoms with Crippen molar-refractivity contribution in [2.75, 3.05) is 20.7 Å². The smallest absolute Gasteiger partial charge is 0.118 e. The van der Waals surface area contributed by atoms with E-state index in [4.69, 9.17) is 10.00 Å². The van der Waals surface area contributed by atoms with Crippen LogP contribution in [0.25, 0.3) is 0 Å². The SMILES string of the molecule is COc1ccc(CN(C)CC2(C#N)CC2)cc1. The van der Waals surface area contributed by atoms with E-state index in [-0.39, 0.29) is 5.41 Å². The number of methoxy groups -OCH3 is 1. The Morgan fingerprint density at radius 2 is 2.00 bits per heavy atom. The molecule has 1 fully saturated rings. The molecule has 3 heteroatoms. The topological polar surface area (TPSA) is 36.3 Å². The van der Waals surface area contributed by atoms with Gasteiger partial charge in [-0.3, -0.25) is 0 Å². The van der Waals surface area contributed by atoms with E-state index in [1.54, 1.807) is 7.11 Å². The number of benzene rings is 1. The number of rotatable bonds is 5. The molecule has 0 unspecified atom stereocenters. The molecule has 1 aromatic carbocycles. The highest BCUT2D eigenvalue weighted by Crippen LogP contribution is 2.45. The van der Waals surface area contributed by atoms with Crippen molar-refractivity contribution in [2.45, 2.75) is 19.4 Å². The van der Waals surface area contributed by atoms with E-state index in [0.717, 1.165) is 31.7 Å². The molecule has 2 rings (SSSR count). The Labute approximate surface area is 103 Å². The lowest BCUT2D eigenvalue weighted by Crippen LogP contribution is -2.25. The molecule has 1 aliphatic carbocycles. The maximum Gasteiger partial charge on any atom is 0.118 e. The summed E-state index contributed by atoms with van der Waals surface area (Å²) in [5.74, 6) is 0.882. The number of nitrogens with zero attached hydrogens (tertiary/aromatic N) is 2. The van der Waals surface area contributed by atoms with Crippen LogP contribution in [0, 0.1) is 16.7 Å². The number of ether oxygens (including phenoxy) is 1. The molecule has 0 bridgehead atoms. The van der Waals surface area contributed by atoms with Gasteiger partial charge < -0.3 is 9.64 Å². The molecule has 0 saturated heterocycles. The minimum atomic E-state index is -0.0543. The largest absolute Gasteiger partial charge is 0.497 e. The standard InChI is InChI=1S/C14H18N2O/c1-16(11-14(10-15)7-8-14)9-12-3-5-13(17-2)6-4-12/h3-6H,7-9,11H2,1-2H3. The summed E-state index contributed by atoms with van der Waals surface area (Å²) in [6.07, 6.45) is 2.10. The summed E-state index contributed by atoms with van der Waals surface area (Å²) in [5.41, 5.74) is 1.20. The zero-order valence-corrected chi connectivity index (χ0v) is 10.4. The summed E-state index contributed by atoms with van der Waals surface area (Å²) in [6, 6.07) is 10.5. The fourth-order valence-electron chi connectivity index (χ4n) is 2.07. The minimum absolute atomic E-state index is 0.0543. The third-order valence-electron chi connectivity index (χ3n) is 3.27. The van der Waals surface area contributed by atoms with E-state index in [1.807, 2.05) is 12.1 Å². The molecular weight excluding hydrogens is 212 g/mol. The van der Waals surface area contributed by atoms with E-state index in [1.165, 1.54) is 5.56 Å². The van der Waals surface area contributed by atoms with Crippen LogP contribution in [0.5, 0.6) is 5.75 Å². The van der Waals surface area contributed by atoms with Crippen molar-refractivity contribution < 1.29 is 4.74 Å². The van der Waals surface area contributed by atoms with Gasteiger partial charge in [-0.1, -0.05) is 12.1 Å². The number of hydrogen-bond acceptors (Lipinski definition) is 3. The van der Waals surface area contributed by atoms with Crippen molar-refractivity contribution in [1.29, 1.82) is 5.26 Å². The van der Waals surface area contributed by atoms with E-state index in [2.05, 4.69) is 30.1 Å². The Hall–Kier alpha value is -1.53. The average molecular weight is 230 g/mol. The first-order valence-electron chi connectivity index (χ1n) is 5.90. The molecule has 1 saturated carbocycles. The second-order valence-electron chi connectivity index (χ2n) is 4.91. The second-order valence-corrected chi connectivity index (χ2v) is 4.91. The van der Waals surface area contributed by atoms with Gasteiger partial charge in [0.2, 0.25) is 0 Å². The molecule has 0 aromatic heterocycles. The summed E-state index contributed by atoms with van der Waals surface area (Å²) < 4.78 is 5.13. The predicted molar refractivity (Wildman–Crippen MR) is 66.6 cm³/mol. The normalized spacial score (nSPS) is 16.6. The lowest BCUT2D eigenvalue weighted by Gasteiger charge is -2.19. The van der Waals surface area contributed by atoms with Crippen LogP contribution in [0.3, 0.4) is 0 Å². The molecule has 0 amide bonds. The molecule has 17 heavy (non-hydrogen) atoms. The molecule has 3 nitrogen and oxygen atoms in total. The molecule has 0 radical (unpaired) electrons. The highest BCUT2D eigenvalue weighted by atomic mass is 16.5. The van der Waals surface area contributed by atoms with Gasteiger partial charge in [-0.25, -0.2) is 0 Å². The highest BCUT2D eigenvalue weighted by Gasteiger charge is 2.43. The predicted octanol–water partition coefficient (Wildman–Crippen LogP) is 2.43. The van der Waals surface area contributed by atoms with Gasteiger partial charge in [0, 0.05) is 13.1 Å². The van der Waals surface area contributed by atoms with Crippen LogP contribution in [0.2, 0.25) is 0 Å². The molecule has 1 aromatic rings. The van der Waals surface area contributed by atoms with E-state index < -0.39 is 0 Å². The van der Waals surface area contributed by atoms with Gasteiger partial charge in [-0.15, -0.1) is 0 Å². The van der Waals surface area contributed by atoms with Crippen LogP contribution in [-0.4, -0.2) is 25.6 Å². The molecular formula is C14H18N2O.